The summed E-state index contributed by atoms with van der Waals surface area (Å²) in [6, 6.07) is 10.3. The van der Waals surface area contributed by atoms with Crippen LogP contribution in [0.1, 0.15) is 11.1 Å². The summed E-state index contributed by atoms with van der Waals surface area (Å²) in [6.45, 7) is 1.79. The lowest BCUT2D eigenvalue weighted by molar-refractivity contribution is -0.114. The molecule has 2 N–H and O–H groups in total. The highest BCUT2D eigenvalue weighted by molar-refractivity contribution is 9.10. The summed E-state index contributed by atoms with van der Waals surface area (Å²) in [5, 5.41) is 13.0. The number of anilines is 1. The Labute approximate surface area is 142 Å². The van der Waals surface area contributed by atoms with Crippen LogP contribution in [0.25, 0.3) is 0 Å². The largest absolute Gasteiger partial charge is 0.507 e. The standard InChI is InChI=1S/C16H14BrClN2O2/c1-10-13(18)3-2-4-14(10)20-16(22)9-19-8-11-7-12(17)5-6-15(11)21/h2-8,21H,9H2,1H3,(H,20,22). The number of phenolic OH excluding ortho intramolecular Hbond substituents is 1. The molecule has 0 aliphatic heterocycles. The SMILES string of the molecule is Cc1c(Cl)cccc1NC(=O)CN=Cc1cc(Br)ccc1O. The molecule has 1 amide bonds. The molecule has 2 rings (SSSR count). The molecule has 0 aliphatic carbocycles. The van der Waals surface area contributed by atoms with E-state index in [1.807, 2.05) is 6.92 Å². The minimum absolute atomic E-state index is 0.0437. The first-order valence-corrected chi connectivity index (χ1v) is 7.68. The van der Waals surface area contributed by atoms with Gasteiger partial charge in [-0.15, -0.1) is 0 Å². The van der Waals surface area contributed by atoms with Crippen LogP contribution in [0.5, 0.6) is 5.75 Å². The second kappa shape index (κ2) is 7.42. The van der Waals surface area contributed by atoms with Gasteiger partial charge in [-0.05, 0) is 42.8 Å². The van der Waals surface area contributed by atoms with Crippen molar-refractivity contribution >= 4 is 45.3 Å². The number of halogens is 2. The lowest BCUT2D eigenvalue weighted by Crippen LogP contribution is -2.15. The Bertz CT molecular complexity index is 732. The Morgan fingerprint density at radius 2 is 2.18 bits per heavy atom. The molecule has 0 aliphatic rings. The maximum absolute atomic E-state index is 11.9. The topological polar surface area (TPSA) is 61.7 Å². The monoisotopic (exact) mass is 380 g/mol. The van der Waals surface area contributed by atoms with Gasteiger partial charge in [0.15, 0.2) is 0 Å². The van der Waals surface area contributed by atoms with Crippen LogP contribution in [-0.2, 0) is 4.79 Å². The summed E-state index contributed by atoms with van der Waals surface area (Å²) in [7, 11) is 0. The first kappa shape index (κ1) is 16.5. The highest BCUT2D eigenvalue weighted by Gasteiger charge is 2.06. The number of nitrogens with one attached hydrogen (secondary N) is 1. The van der Waals surface area contributed by atoms with E-state index in [2.05, 4.69) is 26.2 Å². The predicted molar refractivity (Wildman–Crippen MR) is 93.1 cm³/mol. The smallest absolute Gasteiger partial charge is 0.246 e. The summed E-state index contributed by atoms with van der Waals surface area (Å²) in [5.41, 5.74) is 2.02. The Hall–Kier alpha value is -1.85. The van der Waals surface area contributed by atoms with Crippen LogP contribution < -0.4 is 5.32 Å². The van der Waals surface area contributed by atoms with Crippen LogP contribution in [0, 0.1) is 6.92 Å². The van der Waals surface area contributed by atoms with E-state index >= 15 is 0 Å². The van der Waals surface area contributed by atoms with Gasteiger partial charge in [0.05, 0.1) is 0 Å². The zero-order valence-corrected chi connectivity index (χ0v) is 14.1. The van der Waals surface area contributed by atoms with Crippen LogP contribution >= 0.6 is 27.5 Å². The van der Waals surface area contributed by atoms with Crippen LogP contribution in [0.4, 0.5) is 5.69 Å². The van der Waals surface area contributed by atoms with Gasteiger partial charge in [-0.25, -0.2) is 0 Å². The Kier molecular flexibility index (Phi) is 5.57. The zero-order chi connectivity index (χ0) is 16.1. The number of benzene rings is 2. The molecular weight excluding hydrogens is 368 g/mol. The maximum Gasteiger partial charge on any atom is 0.246 e. The molecule has 114 valence electrons. The molecule has 0 heterocycles. The van der Waals surface area contributed by atoms with E-state index < -0.39 is 0 Å². The minimum Gasteiger partial charge on any atom is -0.507 e. The molecule has 22 heavy (non-hydrogen) atoms. The molecule has 0 aromatic heterocycles. The molecule has 0 bridgehead atoms. The van der Waals surface area contributed by atoms with Crippen molar-refractivity contribution in [2.75, 3.05) is 11.9 Å². The van der Waals surface area contributed by atoms with Crippen LogP contribution in [0.3, 0.4) is 0 Å². The molecule has 0 fully saturated rings. The van der Waals surface area contributed by atoms with Crippen molar-refractivity contribution in [1.82, 2.24) is 0 Å². The van der Waals surface area contributed by atoms with Crippen molar-refractivity contribution in [1.29, 1.82) is 0 Å². The summed E-state index contributed by atoms with van der Waals surface area (Å²) in [5.74, 6) is -0.144. The summed E-state index contributed by atoms with van der Waals surface area (Å²) in [4.78, 5) is 15.9. The van der Waals surface area contributed by atoms with Crippen molar-refractivity contribution in [3.8, 4) is 5.75 Å². The minimum atomic E-state index is -0.254. The van der Waals surface area contributed by atoms with Gasteiger partial charge in [0.25, 0.3) is 0 Å². The van der Waals surface area contributed by atoms with Crippen LogP contribution in [0.15, 0.2) is 45.9 Å². The molecular formula is C16H14BrClN2O2. The highest BCUT2D eigenvalue weighted by atomic mass is 79.9. The summed E-state index contributed by atoms with van der Waals surface area (Å²) >= 11 is 9.31. The number of hydrogen-bond donors (Lipinski definition) is 2. The average molecular weight is 382 g/mol. The van der Waals surface area contributed by atoms with Gasteiger partial charge in [-0.1, -0.05) is 33.6 Å². The van der Waals surface area contributed by atoms with E-state index in [0.29, 0.717) is 16.3 Å². The second-order valence-electron chi connectivity index (χ2n) is 4.63. The first-order chi connectivity index (χ1) is 10.5. The normalized spacial score (nSPS) is 10.9. The fourth-order valence-corrected chi connectivity index (χ4v) is 2.34. The van der Waals surface area contributed by atoms with Gasteiger partial charge in [0.1, 0.15) is 12.3 Å². The molecule has 0 saturated carbocycles. The summed E-state index contributed by atoms with van der Waals surface area (Å²) in [6.07, 6.45) is 1.46. The van der Waals surface area contributed by atoms with Crippen molar-refractivity contribution in [2.45, 2.75) is 6.92 Å². The molecule has 4 nitrogen and oxygen atoms in total. The number of carbonyl (C=O) groups excluding carboxylic acids is 1. The number of aliphatic imine (C=N–C) groups is 1. The number of phenols is 1. The van der Waals surface area contributed by atoms with E-state index in [4.69, 9.17) is 11.6 Å². The fraction of sp³-hybridized carbons (Fsp3) is 0.125. The molecule has 2 aromatic carbocycles. The van der Waals surface area contributed by atoms with E-state index in [9.17, 15) is 9.90 Å². The fourth-order valence-electron chi connectivity index (χ4n) is 1.79. The predicted octanol–water partition coefficient (Wildman–Crippen LogP) is 4.17. The van der Waals surface area contributed by atoms with E-state index in [1.165, 1.54) is 6.21 Å². The molecule has 2 aromatic rings. The van der Waals surface area contributed by atoms with Crippen molar-refractivity contribution < 1.29 is 9.90 Å². The molecule has 6 heteroatoms. The quantitative estimate of drug-likeness (QED) is 0.781. The maximum atomic E-state index is 11.9. The van der Waals surface area contributed by atoms with Gasteiger partial charge >= 0.3 is 0 Å². The molecule has 0 spiro atoms. The van der Waals surface area contributed by atoms with Crippen LogP contribution in [0.2, 0.25) is 5.02 Å². The van der Waals surface area contributed by atoms with Gasteiger partial charge in [0, 0.05) is 27.0 Å². The van der Waals surface area contributed by atoms with E-state index in [1.54, 1.807) is 36.4 Å². The van der Waals surface area contributed by atoms with Gasteiger partial charge in [0.2, 0.25) is 5.91 Å². The molecule has 0 radical (unpaired) electrons. The lowest BCUT2D eigenvalue weighted by Gasteiger charge is -2.08. The van der Waals surface area contributed by atoms with E-state index in [0.717, 1.165) is 10.0 Å². The lowest BCUT2D eigenvalue weighted by atomic mass is 10.2. The van der Waals surface area contributed by atoms with Gasteiger partial charge in [-0.3, -0.25) is 9.79 Å². The third-order valence-electron chi connectivity index (χ3n) is 3.00. The first-order valence-electron chi connectivity index (χ1n) is 6.50. The van der Waals surface area contributed by atoms with Gasteiger partial charge in [-0.2, -0.15) is 0 Å². The number of rotatable bonds is 4. The third kappa shape index (κ3) is 4.32. The highest BCUT2D eigenvalue weighted by Crippen LogP contribution is 2.23. The third-order valence-corrected chi connectivity index (χ3v) is 3.90. The van der Waals surface area contributed by atoms with E-state index in [-0.39, 0.29) is 18.2 Å². The number of nitrogens with zero attached hydrogens (tertiary/aromatic N) is 1. The molecule has 0 saturated heterocycles. The van der Waals surface area contributed by atoms with Crippen LogP contribution in [-0.4, -0.2) is 23.8 Å². The Morgan fingerprint density at radius 3 is 2.95 bits per heavy atom. The Morgan fingerprint density at radius 1 is 1.41 bits per heavy atom. The number of amides is 1. The second-order valence-corrected chi connectivity index (χ2v) is 5.96. The van der Waals surface area contributed by atoms with Crippen molar-refractivity contribution in [2.24, 2.45) is 4.99 Å². The zero-order valence-electron chi connectivity index (χ0n) is 11.8. The Balaban J connectivity index is 1.99. The molecule has 0 unspecified atom stereocenters. The number of carbonyl (C=O) groups is 1. The average Bonchev–Trinajstić information content (AvgIpc) is 2.47. The number of hydrogen-bond acceptors (Lipinski definition) is 3. The number of aromatic hydroxyl groups is 1. The van der Waals surface area contributed by atoms with Gasteiger partial charge < -0.3 is 10.4 Å². The molecule has 0 atom stereocenters. The van der Waals surface area contributed by atoms with Crippen molar-refractivity contribution in [3.05, 3.63) is 57.0 Å². The summed E-state index contributed by atoms with van der Waals surface area (Å²) < 4.78 is 0.825. The van der Waals surface area contributed by atoms with Crippen molar-refractivity contribution in [3.63, 3.8) is 0 Å².